The first kappa shape index (κ1) is 20.7. The van der Waals surface area contributed by atoms with E-state index < -0.39 is 22.8 Å². The van der Waals surface area contributed by atoms with Crippen LogP contribution in [0.5, 0.6) is 0 Å². The fourth-order valence-corrected chi connectivity index (χ4v) is 3.77. The normalized spacial score (nSPS) is 14.2. The Morgan fingerprint density at radius 1 is 1.20 bits per heavy atom. The molecule has 0 saturated heterocycles. The fraction of sp³-hybridized carbons (Fsp3) is 0.316. The average Bonchev–Trinajstić information content (AvgIpc) is 3.30. The number of hydrogen-bond donors (Lipinski definition) is 1. The highest BCUT2D eigenvalue weighted by Gasteiger charge is 2.42. The number of alkyl halides is 3. The number of aromatic nitrogens is 4. The molecule has 11 heteroatoms. The molecule has 4 rings (SSSR count). The van der Waals surface area contributed by atoms with Gasteiger partial charge in [-0.15, -0.1) is 0 Å². The first-order chi connectivity index (χ1) is 14.2. The second-order valence-electron chi connectivity index (χ2n) is 7.05. The van der Waals surface area contributed by atoms with Crippen molar-refractivity contribution in [3.8, 4) is 0 Å². The van der Waals surface area contributed by atoms with E-state index in [0.717, 1.165) is 23.1 Å². The van der Waals surface area contributed by atoms with Gasteiger partial charge in [0.05, 0.1) is 17.3 Å². The summed E-state index contributed by atoms with van der Waals surface area (Å²) in [7, 11) is 0. The lowest BCUT2D eigenvalue weighted by molar-refractivity contribution is -0.141. The number of benzene rings is 1. The summed E-state index contributed by atoms with van der Waals surface area (Å²) in [6.07, 6.45) is -1.56. The van der Waals surface area contributed by atoms with Crippen LogP contribution < -0.4 is 5.32 Å². The maximum Gasteiger partial charge on any atom is 0.436 e. The Hall–Kier alpha value is -2.52. The molecule has 0 atom stereocenters. The molecular weight excluding hydrogens is 442 g/mol. The Labute approximate surface area is 179 Å². The van der Waals surface area contributed by atoms with Gasteiger partial charge in [0.1, 0.15) is 6.54 Å². The number of rotatable bonds is 6. The Balaban J connectivity index is 1.45. The third-order valence-corrected chi connectivity index (χ3v) is 5.21. The highest BCUT2D eigenvalue weighted by atomic mass is 35.5. The minimum atomic E-state index is -4.68. The molecule has 1 N–H and O–H groups in total. The zero-order valence-electron chi connectivity index (χ0n) is 15.5. The average molecular weight is 458 g/mol. The Morgan fingerprint density at radius 2 is 1.97 bits per heavy atom. The molecule has 3 aromatic rings. The Kier molecular flexibility index (Phi) is 5.50. The van der Waals surface area contributed by atoms with Gasteiger partial charge in [-0.1, -0.05) is 35.3 Å². The maximum atomic E-state index is 13.1. The van der Waals surface area contributed by atoms with Crippen molar-refractivity contribution < 1.29 is 18.0 Å². The number of anilines is 1. The lowest BCUT2D eigenvalue weighted by Gasteiger charge is -2.07. The topological polar surface area (TPSA) is 64.7 Å². The van der Waals surface area contributed by atoms with Gasteiger partial charge in [-0.2, -0.15) is 23.4 Å². The van der Waals surface area contributed by atoms with E-state index in [9.17, 15) is 18.0 Å². The number of nitrogens with one attached hydrogen (secondary N) is 1. The van der Waals surface area contributed by atoms with Crippen LogP contribution in [0.4, 0.5) is 19.0 Å². The Morgan fingerprint density at radius 3 is 2.63 bits per heavy atom. The van der Waals surface area contributed by atoms with E-state index in [4.69, 9.17) is 23.2 Å². The number of hydrogen-bond acceptors (Lipinski definition) is 3. The minimum absolute atomic E-state index is 0.106. The van der Waals surface area contributed by atoms with Crippen LogP contribution >= 0.6 is 23.2 Å². The largest absolute Gasteiger partial charge is 0.436 e. The van der Waals surface area contributed by atoms with E-state index in [-0.39, 0.29) is 24.0 Å². The smallest absolute Gasteiger partial charge is 0.308 e. The zero-order valence-corrected chi connectivity index (χ0v) is 17.0. The van der Waals surface area contributed by atoms with E-state index in [1.807, 2.05) is 12.1 Å². The summed E-state index contributed by atoms with van der Waals surface area (Å²) < 4.78 is 42.1. The summed E-state index contributed by atoms with van der Waals surface area (Å²) >= 11 is 11.9. The first-order valence-corrected chi connectivity index (χ1v) is 9.87. The monoisotopic (exact) mass is 457 g/mol. The molecule has 30 heavy (non-hydrogen) atoms. The van der Waals surface area contributed by atoms with Crippen molar-refractivity contribution >= 4 is 34.9 Å². The van der Waals surface area contributed by atoms with Gasteiger partial charge in [-0.3, -0.25) is 14.2 Å². The highest BCUT2D eigenvalue weighted by molar-refractivity contribution is 6.32. The quantitative estimate of drug-likeness (QED) is 0.568. The van der Waals surface area contributed by atoms with E-state index >= 15 is 0 Å². The number of carbonyl (C=O) groups excluding carboxylic acids is 1. The third kappa shape index (κ3) is 4.62. The molecule has 6 nitrogen and oxygen atoms in total. The van der Waals surface area contributed by atoms with Crippen LogP contribution in [0, 0.1) is 0 Å². The molecule has 158 valence electrons. The molecule has 2 aromatic heterocycles. The molecule has 2 heterocycles. The minimum Gasteiger partial charge on any atom is -0.308 e. The summed E-state index contributed by atoms with van der Waals surface area (Å²) in [4.78, 5) is 12.4. The van der Waals surface area contributed by atoms with Crippen molar-refractivity contribution in [1.29, 1.82) is 0 Å². The van der Waals surface area contributed by atoms with Crippen LogP contribution in [0.15, 0.2) is 36.5 Å². The van der Waals surface area contributed by atoms with E-state index in [1.54, 1.807) is 29.1 Å². The molecule has 1 fully saturated rings. The fourth-order valence-electron chi connectivity index (χ4n) is 3.16. The summed E-state index contributed by atoms with van der Waals surface area (Å²) in [6.45, 7) is 0.0642. The summed E-state index contributed by atoms with van der Waals surface area (Å²) in [5.41, 5.74) is 0.0266. The SMILES string of the molecule is O=C(Cn1nc(C(F)(F)F)c(Cl)c1C1CC1)Nc1ccn(Cc2cccc(Cl)c2)n1. The van der Waals surface area contributed by atoms with E-state index in [2.05, 4.69) is 15.5 Å². The lowest BCUT2D eigenvalue weighted by Crippen LogP contribution is -2.21. The molecule has 0 spiro atoms. The molecule has 0 unspecified atom stereocenters. The molecular formula is C19H16Cl2F3N5O. The predicted molar refractivity (Wildman–Crippen MR) is 106 cm³/mol. The number of halogens is 5. The van der Waals surface area contributed by atoms with E-state index in [0.29, 0.717) is 11.6 Å². The second kappa shape index (κ2) is 7.96. The molecule has 1 amide bonds. The molecule has 0 bridgehead atoms. The third-order valence-electron chi connectivity index (χ3n) is 4.60. The Bertz CT molecular complexity index is 1090. The van der Waals surface area contributed by atoms with Gasteiger partial charge in [0.2, 0.25) is 5.91 Å². The molecule has 1 aliphatic carbocycles. The maximum absolute atomic E-state index is 13.1. The van der Waals surface area contributed by atoms with Crippen molar-refractivity contribution in [3.05, 3.63) is 63.5 Å². The lowest BCUT2D eigenvalue weighted by atomic mass is 10.2. The van der Waals surface area contributed by atoms with Crippen LogP contribution in [0.1, 0.15) is 35.7 Å². The van der Waals surface area contributed by atoms with Gasteiger partial charge in [0.15, 0.2) is 11.5 Å². The van der Waals surface area contributed by atoms with Gasteiger partial charge in [0.25, 0.3) is 0 Å². The highest BCUT2D eigenvalue weighted by Crippen LogP contribution is 2.46. The van der Waals surface area contributed by atoms with Gasteiger partial charge in [-0.05, 0) is 30.5 Å². The van der Waals surface area contributed by atoms with Gasteiger partial charge in [-0.25, -0.2) is 0 Å². The van der Waals surface area contributed by atoms with Crippen molar-refractivity contribution in [2.45, 2.75) is 38.0 Å². The zero-order chi connectivity index (χ0) is 21.5. The molecule has 0 radical (unpaired) electrons. The van der Waals surface area contributed by atoms with Crippen LogP contribution in [-0.2, 0) is 24.1 Å². The van der Waals surface area contributed by atoms with Gasteiger partial charge >= 0.3 is 6.18 Å². The molecule has 1 aliphatic rings. The van der Waals surface area contributed by atoms with Crippen molar-refractivity contribution in [3.63, 3.8) is 0 Å². The van der Waals surface area contributed by atoms with Gasteiger partial charge < -0.3 is 5.32 Å². The van der Waals surface area contributed by atoms with Crippen molar-refractivity contribution in [2.75, 3.05) is 5.32 Å². The van der Waals surface area contributed by atoms with Crippen LogP contribution in [0.3, 0.4) is 0 Å². The molecule has 1 saturated carbocycles. The molecule has 1 aromatic carbocycles. The number of nitrogens with zero attached hydrogens (tertiary/aromatic N) is 4. The summed E-state index contributed by atoms with van der Waals surface area (Å²) in [5.74, 6) is -0.368. The van der Waals surface area contributed by atoms with Crippen LogP contribution in [0.2, 0.25) is 10.0 Å². The van der Waals surface area contributed by atoms with Crippen LogP contribution in [0.25, 0.3) is 0 Å². The number of amides is 1. The standard InChI is InChI=1S/C19H16Cl2F3N5O/c20-13-3-1-2-11(8-13)9-28-7-6-14(26-28)25-15(30)10-29-17(12-4-5-12)16(21)18(27-29)19(22,23)24/h1-3,6-8,12H,4-5,9-10H2,(H,25,26,30). The van der Waals surface area contributed by atoms with Gasteiger partial charge in [0, 0.05) is 23.2 Å². The summed E-state index contributed by atoms with van der Waals surface area (Å²) in [6, 6.07) is 8.89. The predicted octanol–water partition coefficient (Wildman–Crippen LogP) is 4.97. The molecule has 0 aliphatic heterocycles. The van der Waals surface area contributed by atoms with E-state index in [1.165, 1.54) is 0 Å². The van der Waals surface area contributed by atoms with Crippen molar-refractivity contribution in [1.82, 2.24) is 19.6 Å². The second-order valence-corrected chi connectivity index (χ2v) is 7.87. The van der Waals surface area contributed by atoms with Crippen LogP contribution in [-0.4, -0.2) is 25.5 Å². The first-order valence-electron chi connectivity index (χ1n) is 9.12. The van der Waals surface area contributed by atoms with Crippen molar-refractivity contribution in [2.24, 2.45) is 0 Å². The number of carbonyl (C=O) groups is 1. The summed E-state index contributed by atoms with van der Waals surface area (Å²) in [5, 5.41) is 10.6.